The summed E-state index contributed by atoms with van der Waals surface area (Å²) >= 11 is 0. The largest absolute Gasteiger partial charge is 0.333 e. The standard InChI is InChI=1S/C10H16FNSi.ClH/c1-2-13(8-12)7-9-3-5-10(11)6-4-9;/h3-6,13H,2,7-8,12H2,1H3;1H. The zero-order chi connectivity index (χ0) is 9.68. The van der Waals surface area contributed by atoms with Crippen LogP contribution in [0.1, 0.15) is 12.5 Å². The molecule has 0 saturated carbocycles. The first-order valence-electron chi connectivity index (χ1n) is 4.70. The molecule has 0 aromatic heterocycles. The van der Waals surface area contributed by atoms with Crippen LogP contribution in [0.15, 0.2) is 24.3 Å². The molecule has 1 aromatic carbocycles. The Balaban J connectivity index is 0.00000169. The van der Waals surface area contributed by atoms with Gasteiger partial charge in [-0.05, 0) is 24.3 Å². The van der Waals surface area contributed by atoms with Crippen LogP contribution >= 0.6 is 12.4 Å². The Labute approximate surface area is 92.5 Å². The van der Waals surface area contributed by atoms with Crippen LogP contribution in [0, 0.1) is 5.82 Å². The minimum Gasteiger partial charge on any atom is -0.333 e. The lowest BCUT2D eigenvalue weighted by molar-refractivity contribution is 0.627. The van der Waals surface area contributed by atoms with E-state index in [0.717, 1.165) is 12.2 Å². The van der Waals surface area contributed by atoms with E-state index in [9.17, 15) is 4.39 Å². The minimum atomic E-state index is -0.779. The van der Waals surface area contributed by atoms with Crippen molar-refractivity contribution >= 4 is 21.2 Å². The van der Waals surface area contributed by atoms with Crippen molar-refractivity contribution in [2.24, 2.45) is 5.73 Å². The molecule has 0 heterocycles. The fraction of sp³-hybridized carbons (Fsp3) is 0.400. The number of nitrogens with two attached hydrogens (primary N) is 1. The molecular weight excluding hydrogens is 217 g/mol. The molecule has 0 spiro atoms. The van der Waals surface area contributed by atoms with Crippen molar-refractivity contribution in [3.8, 4) is 0 Å². The molecule has 0 fully saturated rings. The molecule has 0 amide bonds. The molecule has 0 aliphatic rings. The lowest BCUT2D eigenvalue weighted by Crippen LogP contribution is -2.27. The Morgan fingerprint density at radius 3 is 2.29 bits per heavy atom. The van der Waals surface area contributed by atoms with Crippen LogP contribution in [0.3, 0.4) is 0 Å². The quantitative estimate of drug-likeness (QED) is 0.792. The Morgan fingerprint density at radius 2 is 1.86 bits per heavy atom. The molecule has 14 heavy (non-hydrogen) atoms. The van der Waals surface area contributed by atoms with Gasteiger partial charge in [-0.15, -0.1) is 12.4 Å². The average molecular weight is 234 g/mol. The summed E-state index contributed by atoms with van der Waals surface area (Å²) in [5.41, 5.74) is 6.88. The predicted molar refractivity (Wildman–Crippen MR) is 64.0 cm³/mol. The molecule has 1 atom stereocenters. The summed E-state index contributed by atoms with van der Waals surface area (Å²) in [6.07, 6.45) is 0.841. The van der Waals surface area contributed by atoms with E-state index >= 15 is 0 Å². The monoisotopic (exact) mass is 233 g/mol. The second-order valence-electron chi connectivity index (χ2n) is 3.34. The summed E-state index contributed by atoms with van der Waals surface area (Å²) in [5.74, 6) is -0.161. The van der Waals surface area contributed by atoms with Crippen molar-refractivity contribution in [3.05, 3.63) is 35.6 Å². The molecule has 1 unspecified atom stereocenters. The summed E-state index contributed by atoms with van der Waals surface area (Å²) in [6.45, 7) is 2.19. The second kappa shape index (κ2) is 6.98. The third-order valence-electron chi connectivity index (χ3n) is 2.35. The van der Waals surface area contributed by atoms with Crippen LogP contribution in [0.4, 0.5) is 4.39 Å². The summed E-state index contributed by atoms with van der Waals surface area (Å²) < 4.78 is 12.6. The highest BCUT2D eigenvalue weighted by atomic mass is 35.5. The summed E-state index contributed by atoms with van der Waals surface area (Å²) in [4.78, 5) is 0. The third kappa shape index (κ3) is 4.22. The smallest absolute Gasteiger partial charge is 0.123 e. The number of hydrogen-bond donors (Lipinski definition) is 1. The van der Waals surface area contributed by atoms with Gasteiger partial charge in [-0.25, -0.2) is 4.39 Å². The molecule has 0 aliphatic heterocycles. The third-order valence-corrected chi connectivity index (χ3v) is 5.22. The van der Waals surface area contributed by atoms with Crippen LogP contribution in [0.5, 0.6) is 0 Å². The van der Waals surface area contributed by atoms with Gasteiger partial charge in [-0.1, -0.05) is 30.7 Å². The zero-order valence-corrected chi connectivity index (χ0v) is 10.3. The van der Waals surface area contributed by atoms with Gasteiger partial charge in [0.1, 0.15) is 5.82 Å². The fourth-order valence-corrected chi connectivity index (χ4v) is 3.08. The van der Waals surface area contributed by atoms with Crippen molar-refractivity contribution in [3.63, 3.8) is 0 Å². The average Bonchev–Trinajstić information content (AvgIpc) is 2.17. The van der Waals surface area contributed by atoms with E-state index < -0.39 is 8.80 Å². The van der Waals surface area contributed by atoms with Crippen molar-refractivity contribution in [1.82, 2.24) is 0 Å². The van der Waals surface area contributed by atoms with E-state index in [4.69, 9.17) is 5.73 Å². The highest BCUT2D eigenvalue weighted by Crippen LogP contribution is 2.06. The van der Waals surface area contributed by atoms with Gasteiger partial charge in [0.05, 0.1) is 8.80 Å². The van der Waals surface area contributed by atoms with E-state index in [1.54, 1.807) is 0 Å². The Morgan fingerprint density at radius 1 is 1.29 bits per heavy atom. The first kappa shape index (κ1) is 13.6. The van der Waals surface area contributed by atoms with Crippen molar-refractivity contribution in [2.75, 3.05) is 6.17 Å². The molecule has 1 nitrogen and oxygen atoms in total. The molecule has 4 heteroatoms. The van der Waals surface area contributed by atoms with Gasteiger partial charge in [0.25, 0.3) is 0 Å². The molecule has 0 aliphatic carbocycles. The fourth-order valence-electron chi connectivity index (χ4n) is 1.35. The van der Waals surface area contributed by atoms with Crippen LogP contribution in [-0.4, -0.2) is 15.0 Å². The van der Waals surface area contributed by atoms with Gasteiger partial charge in [0.2, 0.25) is 0 Å². The zero-order valence-electron chi connectivity index (χ0n) is 8.37. The van der Waals surface area contributed by atoms with Crippen LogP contribution in [0.25, 0.3) is 0 Å². The molecule has 0 saturated heterocycles. The van der Waals surface area contributed by atoms with Crippen molar-refractivity contribution in [1.29, 1.82) is 0 Å². The summed E-state index contributed by atoms with van der Waals surface area (Å²) in [7, 11) is -0.779. The first-order valence-corrected chi connectivity index (χ1v) is 7.15. The highest BCUT2D eigenvalue weighted by Gasteiger charge is 2.06. The molecule has 2 N–H and O–H groups in total. The van der Waals surface area contributed by atoms with Gasteiger partial charge in [-0.3, -0.25) is 0 Å². The van der Waals surface area contributed by atoms with E-state index in [-0.39, 0.29) is 18.2 Å². The lowest BCUT2D eigenvalue weighted by atomic mass is 10.2. The van der Waals surface area contributed by atoms with Crippen LogP contribution in [0.2, 0.25) is 6.04 Å². The molecule has 1 aromatic rings. The summed E-state index contributed by atoms with van der Waals surface area (Å²) in [6, 6.07) is 9.07. The predicted octanol–water partition coefficient (Wildman–Crippen LogP) is 2.07. The van der Waals surface area contributed by atoms with E-state index in [1.165, 1.54) is 23.7 Å². The number of rotatable bonds is 4. The van der Waals surface area contributed by atoms with E-state index in [1.807, 2.05) is 12.1 Å². The normalized spacial score (nSPS) is 11.9. The van der Waals surface area contributed by atoms with Crippen molar-refractivity contribution < 1.29 is 4.39 Å². The molecule has 0 bridgehead atoms. The Hall–Kier alpha value is -0.383. The lowest BCUT2D eigenvalue weighted by Gasteiger charge is -2.09. The van der Waals surface area contributed by atoms with Gasteiger partial charge < -0.3 is 5.73 Å². The molecule has 1 rings (SSSR count). The highest BCUT2D eigenvalue weighted by molar-refractivity contribution is 6.58. The molecule has 80 valence electrons. The maximum Gasteiger partial charge on any atom is 0.123 e. The van der Waals surface area contributed by atoms with Crippen LogP contribution in [-0.2, 0) is 6.04 Å². The van der Waals surface area contributed by atoms with Crippen LogP contribution < -0.4 is 5.73 Å². The number of hydrogen-bond acceptors (Lipinski definition) is 1. The molecule has 0 radical (unpaired) electrons. The van der Waals surface area contributed by atoms with Gasteiger partial charge in [0, 0.05) is 0 Å². The molecular formula is C10H17ClFNSi. The van der Waals surface area contributed by atoms with Gasteiger partial charge >= 0.3 is 0 Å². The summed E-state index contributed by atoms with van der Waals surface area (Å²) in [5, 5.41) is 0. The van der Waals surface area contributed by atoms with E-state index in [0.29, 0.717) is 0 Å². The number of benzene rings is 1. The van der Waals surface area contributed by atoms with E-state index in [2.05, 4.69) is 6.92 Å². The Kier molecular flexibility index (Phi) is 6.79. The second-order valence-corrected chi connectivity index (χ2v) is 6.77. The number of halogens is 2. The maximum absolute atomic E-state index is 12.6. The first-order chi connectivity index (χ1) is 6.26. The Bertz CT molecular complexity index is 249. The topological polar surface area (TPSA) is 26.0 Å². The maximum atomic E-state index is 12.6. The van der Waals surface area contributed by atoms with Crippen molar-refractivity contribution in [2.45, 2.75) is 19.0 Å². The SMILES string of the molecule is CC[SiH](CN)Cc1ccc(F)cc1.Cl. The van der Waals surface area contributed by atoms with Gasteiger partial charge in [0.15, 0.2) is 0 Å². The van der Waals surface area contributed by atoms with Gasteiger partial charge in [-0.2, -0.15) is 0 Å². The minimum absolute atomic E-state index is 0.